The van der Waals surface area contributed by atoms with Crippen LogP contribution >= 0.6 is 0 Å². The van der Waals surface area contributed by atoms with Gasteiger partial charge in [0.25, 0.3) is 0 Å². The van der Waals surface area contributed by atoms with Gasteiger partial charge in [-0.3, -0.25) is 4.98 Å². The number of para-hydroxylation sites is 1. The second-order valence-electron chi connectivity index (χ2n) is 4.11. The minimum absolute atomic E-state index is 0.109. The summed E-state index contributed by atoms with van der Waals surface area (Å²) in [6, 6.07) is 9.49. The number of pyridine rings is 1. The van der Waals surface area contributed by atoms with Gasteiger partial charge in [-0.05, 0) is 18.1 Å². The van der Waals surface area contributed by atoms with E-state index in [9.17, 15) is 13.2 Å². The first-order chi connectivity index (χ1) is 8.70. The number of benzene rings is 1. The van der Waals surface area contributed by atoms with Crippen LogP contribution in [0.3, 0.4) is 0 Å². The molecular weight excluding hydrogens is 250 g/mol. The molecule has 94 valence electrons. The summed E-state index contributed by atoms with van der Waals surface area (Å²) in [5.41, 5.74) is 1.73. The summed E-state index contributed by atoms with van der Waals surface area (Å²) in [7, 11) is -2.54. The van der Waals surface area contributed by atoms with E-state index in [2.05, 4.69) is 4.98 Å². The minimum atomic E-state index is -2.54. The molecule has 18 heavy (non-hydrogen) atoms. The van der Waals surface area contributed by atoms with Crippen LogP contribution < -0.4 is 0 Å². The molecule has 0 saturated carbocycles. The highest BCUT2D eigenvalue weighted by Crippen LogP contribution is 2.18. The van der Waals surface area contributed by atoms with Gasteiger partial charge in [-0.2, -0.15) is 0 Å². The fraction of sp³-hybridized carbons (Fsp3) is 0.231. The molecule has 1 atom stereocenters. The second kappa shape index (κ2) is 5.73. The number of aromatic nitrogens is 1. The lowest BCUT2D eigenvalue weighted by Crippen LogP contribution is -2.12. The van der Waals surface area contributed by atoms with Crippen molar-refractivity contribution in [3.63, 3.8) is 0 Å². The molecule has 4 nitrogen and oxygen atoms in total. The summed E-state index contributed by atoms with van der Waals surface area (Å²) in [4.78, 5) is 15.2. The number of thiol groups is 1. The third-order valence-electron chi connectivity index (χ3n) is 2.77. The van der Waals surface area contributed by atoms with Crippen molar-refractivity contribution in [2.45, 2.75) is 6.42 Å². The fourth-order valence-corrected chi connectivity index (χ4v) is 2.56. The number of hydrogen-bond acceptors (Lipinski definition) is 4. The van der Waals surface area contributed by atoms with Gasteiger partial charge in [0.1, 0.15) is 17.0 Å². The second-order valence-corrected chi connectivity index (χ2v) is 5.14. The predicted octanol–water partition coefficient (Wildman–Crippen LogP) is 1.20. The Morgan fingerprint density at radius 3 is 2.72 bits per heavy atom. The molecule has 1 unspecified atom stereocenters. The Labute approximate surface area is 107 Å². The smallest absolute Gasteiger partial charge is 0.140 e. The van der Waals surface area contributed by atoms with Crippen molar-refractivity contribution in [2.24, 2.45) is 5.92 Å². The summed E-state index contributed by atoms with van der Waals surface area (Å²) in [6.07, 6.45) is 2.80. The highest BCUT2D eigenvalue weighted by Gasteiger charge is 2.12. The lowest BCUT2D eigenvalue weighted by Gasteiger charge is -2.08. The molecule has 0 fully saturated rings. The molecule has 1 aromatic carbocycles. The summed E-state index contributed by atoms with van der Waals surface area (Å²) >= 11 is 0. The maximum Gasteiger partial charge on any atom is 0.140 e. The lowest BCUT2D eigenvalue weighted by molar-refractivity contribution is -0.110. The van der Waals surface area contributed by atoms with Crippen molar-refractivity contribution in [3.8, 4) is 0 Å². The molecule has 0 aliphatic carbocycles. The Kier molecular flexibility index (Phi) is 4.04. The van der Waals surface area contributed by atoms with Crippen LogP contribution in [0.5, 0.6) is 0 Å². The van der Waals surface area contributed by atoms with Gasteiger partial charge in [-0.1, -0.05) is 24.3 Å². The zero-order valence-electron chi connectivity index (χ0n) is 9.65. The van der Waals surface area contributed by atoms with E-state index in [1.54, 1.807) is 6.20 Å². The zero-order chi connectivity index (χ0) is 13.0. The molecule has 0 saturated heterocycles. The van der Waals surface area contributed by atoms with Crippen molar-refractivity contribution in [1.82, 2.24) is 4.98 Å². The topological polar surface area (TPSA) is 64.1 Å². The summed E-state index contributed by atoms with van der Waals surface area (Å²) in [6.45, 7) is 0. The molecule has 1 aromatic heterocycles. The van der Waals surface area contributed by atoms with Crippen LogP contribution in [0.1, 0.15) is 5.56 Å². The molecule has 0 aliphatic heterocycles. The molecule has 0 radical (unpaired) electrons. The van der Waals surface area contributed by atoms with Gasteiger partial charge < -0.3 is 4.79 Å². The molecule has 5 heteroatoms. The van der Waals surface area contributed by atoms with Crippen LogP contribution in [0.15, 0.2) is 36.5 Å². The molecule has 2 aromatic rings. The largest absolute Gasteiger partial charge is 0.303 e. The summed E-state index contributed by atoms with van der Waals surface area (Å²) in [5, 5.41) is 0.992. The van der Waals surface area contributed by atoms with Crippen molar-refractivity contribution in [2.75, 3.05) is 5.75 Å². The van der Waals surface area contributed by atoms with Gasteiger partial charge in [0, 0.05) is 17.5 Å². The van der Waals surface area contributed by atoms with Crippen molar-refractivity contribution < 1.29 is 13.2 Å². The third-order valence-corrected chi connectivity index (χ3v) is 3.54. The highest BCUT2D eigenvalue weighted by molar-refractivity contribution is 7.72. The Morgan fingerprint density at radius 2 is 2.00 bits per heavy atom. The number of carbonyl (C=O) groups excluding carboxylic acids is 1. The van der Waals surface area contributed by atoms with Crippen molar-refractivity contribution in [1.29, 1.82) is 0 Å². The number of aldehydes is 1. The van der Waals surface area contributed by atoms with Gasteiger partial charge in [0.05, 0.1) is 11.3 Å². The first kappa shape index (κ1) is 12.7. The Hall–Kier alpha value is -1.75. The number of hydrogen-bond donors (Lipinski definition) is 1. The van der Waals surface area contributed by atoms with Crippen LogP contribution in [0.2, 0.25) is 0 Å². The fourth-order valence-electron chi connectivity index (χ4n) is 1.96. The molecule has 0 spiro atoms. The number of carbonyl (C=O) groups is 1. The van der Waals surface area contributed by atoms with Gasteiger partial charge in [0.15, 0.2) is 0 Å². The highest BCUT2D eigenvalue weighted by atomic mass is 32.2. The maximum atomic E-state index is 10.9. The molecule has 0 aliphatic rings. The van der Waals surface area contributed by atoms with E-state index in [0.717, 1.165) is 16.5 Å². The van der Waals surface area contributed by atoms with Gasteiger partial charge in [-0.15, -0.1) is 0 Å². The number of fused-ring (bicyclic) bond motifs is 1. The summed E-state index contributed by atoms with van der Waals surface area (Å²) < 4.78 is 21.4. The van der Waals surface area contributed by atoms with Gasteiger partial charge in [0.2, 0.25) is 0 Å². The van der Waals surface area contributed by atoms with E-state index in [4.69, 9.17) is 0 Å². The average Bonchev–Trinajstić information content (AvgIpc) is 2.38. The third kappa shape index (κ3) is 2.92. The number of nitrogens with zero attached hydrogens (tertiary/aromatic N) is 1. The lowest BCUT2D eigenvalue weighted by atomic mass is 10.00. The predicted molar refractivity (Wildman–Crippen MR) is 70.2 cm³/mol. The van der Waals surface area contributed by atoms with E-state index < -0.39 is 16.6 Å². The molecule has 0 amide bonds. The quantitative estimate of drug-likeness (QED) is 0.650. The van der Waals surface area contributed by atoms with E-state index >= 15 is 0 Å². The Morgan fingerprint density at radius 1 is 1.22 bits per heavy atom. The monoisotopic (exact) mass is 263 g/mol. The number of rotatable bonds is 5. The van der Waals surface area contributed by atoms with Gasteiger partial charge >= 0.3 is 0 Å². The maximum absolute atomic E-state index is 10.9. The molecule has 0 N–H and O–H groups in total. The molecule has 0 bridgehead atoms. The molecule has 2 rings (SSSR count). The Balaban J connectivity index is 2.33. The first-order valence-corrected chi connectivity index (χ1v) is 6.96. The van der Waals surface area contributed by atoms with Crippen LogP contribution in [0.25, 0.3) is 10.9 Å². The Bertz CT molecular complexity index is 624. The van der Waals surface area contributed by atoms with Crippen LogP contribution in [-0.4, -0.2) is 25.4 Å². The van der Waals surface area contributed by atoms with E-state index in [1.165, 1.54) is 0 Å². The molecular formula is C13H13NO3S. The minimum Gasteiger partial charge on any atom is -0.303 e. The first-order valence-electron chi connectivity index (χ1n) is 5.60. The SMILES string of the molecule is O=CC(Cc1cccc2cccnc12)C[SH](=O)=O. The van der Waals surface area contributed by atoms with E-state index in [1.807, 2.05) is 30.3 Å². The van der Waals surface area contributed by atoms with Crippen LogP contribution in [0, 0.1) is 5.92 Å². The molecule has 1 heterocycles. The van der Waals surface area contributed by atoms with Crippen LogP contribution in [0.4, 0.5) is 0 Å². The normalized spacial score (nSPS) is 12.7. The van der Waals surface area contributed by atoms with Crippen molar-refractivity contribution in [3.05, 3.63) is 42.1 Å². The summed E-state index contributed by atoms with van der Waals surface area (Å²) in [5.74, 6) is -0.610. The van der Waals surface area contributed by atoms with Crippen molar-refractivity contribution >= 4 is 27.9 Å². The van der Waals surface area contributed by atoms with E-state index in [-0.39, 0.29) is 5.75 Å². The average molecular weight is 263 g/mol. The van der Waals surface area contributed by atoms with E-state index in [0.29, 0.717) is 12.7 Å². The van der Waals surface area contributed by atoms with Gasteiger partial charge in [-0.25, -0.2) is 8.42 Å². The zero-order valence-corrected chi connectivity index (χ0v) is 10.5. The standard InChI is InChI=1S/C13H13NO3S/c15-8-10(9-18(16)17)7-12-4-1-3-11-5-2-6-14-13(11)12/h1-6,8,10,18H,7,9H2. The van der Waals surface area contributed by atoms with Crippen LogP contribution in [-0.2, 0) is 21.9 Å².